The summed E-state index contributed by atoms with van der Waals surface area (Å²) < 4.78 is 25.2. The Balaban J connectivity index is 0.779. The summed E-state index contributed by atoms with van der Waals surface area (Å²) in [7, 11) is 0. The zero-order chi connectivity index (χ0) is 61.6. The van der Waals surface area contributed by atoms with Crippen LogP contribution in [0.2, 0.25) is 0 Å². The van der Waals surface area contributed by atoms with Crippen LogP contribution < -0.4 is 20.1 Å². The monoisotopic (exact) mass is 1190 g/mol. The molecule has 0 spiro atoms. The van der Waals surface area contributed by atoms with E-state index in [0.29, 0.717) is 37.5 Å². The number of rotatable bonds is 25. The Hall–Kier alpha value is -7.20. The highest BCUT2D eigenvalue weighted by molar-refractivity contribution is 5.94. The Morgan fingerprint density at radius 2 is 0.795 bits per heavy atom. The Morgan fingerprint density at radius 1 is 0.455 bits per heavy atom. The fourth-order valence-corrected chi connectivity index (χ4v) is 14.3. The Morgan fingerprint density at radius 3 is 1.14 bits per heavy atom. The number of ether oxygens (including phenoxy) is 4. The van der Waals surface area contributed by atoms with Gasteiger partial charge in [-0.2, -0.15) is 0 Å². The van der Waals surface area contributed by atoms with E-state index in [0.717, 1.165) is 117 Å². The molecule has 2 heterocycles. The highest BCUT2D eigenvalue weighted by Crippen LogP contribution is 2.48. The van der Waals surface area contributed by atoms with Crippen molar-refractivity contribution in [3.63, 3.8) is 0 Å². The molecule has 2 fully saturated rings. The summed E-state index contributed by atoms with van der Waals surface area (Å²) in [5, 5.41) is 6.69. The number of carbonyl (C=O) groups excluding carboxylic acids is 4. The molecule has 0 radical (unpaired) electrons. The second-order valence-electron chi connectivity index (χ2n) is 27.9. The summed E-state index contributed by atoms with van der Waals surface area (Å²) in [6.45, 7) is 13.0. The third-order valence-electron chi connectivity index (χ3n) is 19.1. The summed E-state index contributed by atoms with van der Waals surface area (Å²) in [6, 6.07) is 44.7. The maximum Gasteiger partial charge on any atom is 0.306 e. The number of fused-ring (bicyclic) bond motifs is 4. The quantitative estimate of drug-likeness (QED) is 0.0542. The van der Waals surface area contributed by atoms with Gasteiger partial charge in [-0.25, -0.2) is 0 Å². The van der Waals surface area contributed by atoms with Gasteiger partial charge in [0.05, 0.1) is 12.8 Å². The molecule has 88 heavy (non-hydrogen) atoms. The van der Waals surface area contributed by atoms with Gasteiger partial charge in [0.1, 0.15) is 35.2 Å². The van der Waals surface area contributed by atoms with E-state index < -0.39 is 0 Å². The predicted molar refractivity (Wildman–Crippen MR) is 353 cm³/mol. The lowest BCUT2D eigenvalue weighted by Crippen LogP contribution is -2.23. The predicted octanol–water partition coefficient (Wildman–Crippen LogP) is 19.5. The third-order valence-corrected chi connectivity index (χ3v) is 19.1. The number of nitrogens with one attached hydrogen (secondary N) is 2. The molecule has 0 aromatic heterocycles. The number of para-hydroxylation sites is 4. The maximum atomic E-state index is 14.2. The molecule has 0 saturated heterocycles. The largest absolute Gasteiger partial charge is 0.462 e. The van der Waals surface area contributed by atoms with Crippen LogP contribution >= 0.6 is 0 Å². The SMILES string of the molecule is CC(C)(C)c1ccc(CC[C@@H](CCCC2CCCCC2)OC(=O)CCC(=O)O[C@H](CCCC2CCCCC2)CCc2ccc(C(C)(C)C)c(NC(=O)CC3c4ccccc4Oc4ccccc43)c2)cc1NC(=O)CC1c2ccccc2Oc2ccccc21. The van der Waals surface area contributed by atoms with Gasteiger partial charge >= 0.3 is 11.9 Å². The van der Waals surface area contributed by atoms with E-state index in [-0.39, 0.29) is 84.3 Å². The van der Waals surface area contributed by atoms with Crippen LogP contribution in [0.5, 0.6) is 23.0 Å². The van der Waals surface area contributed by atoms with Crippen molar-refractivity contribution in [2.24, 2.45) is 11.8 Å². The molecule has 2 amide bonds. The molecule has 6 aromatic carbocycles. The number of esters is 2. The van der Waals surface area contributed by atoms with Gasteiger partial charge in [0, 0.05) is 58.3 Å². The molecule has 0 unspecified atom stereocenters. The van der Waals surface area contributed by atoms with Crippen LogP contribution in [0, 0.1) is 11.8 Å². The number of hydrogen-bond acceptors (Lipinski definition) is 8. The van der Waals surface area contributed by atoms with Crippen LogP contribution in [0.1, 0.15) is 239 Å². The first-order valence-corrected chi connectivity index (χ1v) is 33.5. The minimum atomic E-state index is -0.375. The smallest absolute Gasteiger partial charge is 0.306 e. The fraction of sp³-hybridized carbons (Fsp3) is 0.487. The van der Waals surface area contributed by atoms with Gasteiger partial charge in [-0.15, -0.1) is 0 Å². The fourth-order valence-electron chi connectivity index (χ4n) is 14.3. The number of benzene rings is 6. The highest BCUT2D eigenvalue weighted by Gasteiger charge is 2.32. The van der Waals surface area contributed by atoms with Crippen LogP contribution in [0.4, 0.5) is 11.4 Å². The summed E-state index contributed by atoms with van der Waals surface area (Å²) in [6.07, 6.45) is 20.9. The van der Waals surface area contributed by atoms with Crippen LogP contribution in [0.15, 0.2) is 133 Å². The van der Waals surface area contributed by atoms with E-state index in [1.807, 2.05) is 72.8 Å². The second-order valence-corrected chi connectivity index (χ2v) is 27.9. The van der Waals surface area contributed by atoms with E-state index >= 15 is 0 Å². The molecule has 466 valence electrons. The standard InChI is InChI=1S/C78H96N2O8/c1-77(2,3)65-45-41-55(49-67(65)79-73(81)51-63-59-31-13-17-35-69(59)87-70-36-18-14-32-60(63)70)39-43-57(29-21-27-53-23-9-7-10-24-53)85-75(83)47-48-76(84)86-58(30-22-28-54-25-11-8-12-26-54)44-40-56-42-46-66(78(4,5)6)68(50-56)80-74(82)52-64-61-33-15-19-37-71(61)88-72-38-20-16-34-62(64)72/h13-20,31-38,41-42,45-46,49-50,53-54,57-58,63-64H,7-12,21-30,39-40,43-44,47-48,51-52H2,1-6H3,(H,79,81)(H,80,82)/t57-,58-/m1/s1. The van der Waals surface area contributed by atoms with Crippen LogP contribution in [-0.4, -0.2) is 36.0 Å². The molecular formula is C78H96N2O8. The molecule has 6 aromatic rings. The average Bonchev–Trinajstić information content (AvgIpc) is 0.993. The first-order chi connectivity index (χ1) is 42.5. The van der Waals surface area contributed by atoms with Gasteiger partial charge in [0.2, 0.25) is 11.8 Å². The number of carbonyl (C=O) groups is 4. The summed E-state index contributed by atoms with van der Waals surface area (Å²) in [5.74, 6) is 3.35. The van der Waals surface area contributed by atoms with Crippen molar-refractivity contribution in [3.05, 3.63) is 178 Å². The third kappa shape index (κ3) is 17.4. The molecule has 4 aliphatic rings. The van der Waals surface area contributed by atoms with Gasteiger partial charge in [-0.1, -0.05) is 216 Å². The average molecular weight is 1190 g/mol. The zero-order valence-corrected chi connectivity index (χ0v) is 53.4. The minimum Gasteiger partial charge on any atom is -0.462 e. The van der Waals surface area contributed by atoms with Crippen molar-refractivity contribution in [2.75, 3.05) is 10.6 Å². The topological polar surface area (TPSA) is 129 Å². The van der Waals surface area contributed by atoms with E-state index in [9.17, 15) is 19.2 Å². The van der Waals surface area contributed by atoms with Gasteiger partial charge in [-0.05, 0) is 133 Å². The lowest BCUT2D eigenvalue weighted by Gasteiger charge is -2.28. The molecular weight excluding hydrogens is 1090 g/mol. The van der Waals surface area contributed by atoms with Crippen LogP contribution in [0.3, 0.4) is 0 Å². The van der Waals surface area contributed by atoms with Crippen molar-refractivity contribution in [1.82, 2.24) is 0 Å². The van der Waals surface area contributed by atoms with Crippen LogP contribution in [-0.2, 0) is 52.3 Å². The molecule has 2 aliphatic carbocycles. The van der Waals surface area contributed by atoms with E-state index in [4.69, 9.17) is 18.9 Å². The summed E-state index contributed by atoms with van der Waals surface area (Å²) in [5.41, 5.74) is 9.36. The Bertz CT molecular complexity index is 3030. The minimum absolute atomic E-state index is 0.0480. The molecule has 10 rings (SSSR count). The number of aryl methyl sites for hydroxylation is 2. The molecule has 0 bridgehead atoms. The summed E-state index contributed by atoms with van der Waals surface area (Å²) in [4.78, 5) is 56.3. The number of anilines is 2. The maximum absolute atomic E-state index is 14.2. The normalized spacial score (nSPS) is 16.1. The molecule has 10 nitrogen and oxygen atoms in total. The molecule has 2 atom stereocenters. The van der Waals surface area contributed by atoms with Gasteiger partial charge in [0.15, 0.2) is 0 Å². The second kappa shape index (κ2) is 29.9. The van der Waals surface area contributed by atoms with Crippen LogP contribution in [0.25, 0.3) is 0 Å². The van der Waals surface area contributed by atoms with Gasteiger partial charge in [0.25, 0.3) is 0 Å². The van der Waals surface area contributed by atoms with Crippen molar-refractivity contribution in [2.45, 2.75) is 231 Å². The molecule has 10 heteroatoms. The first kappa shape index (κ1) is 63.8. The molecule has 2 N–H and O–H groups in total. The first-order valence-electron chi connectivity index (χ1n) is 33.5. The Kier molecular flexibility index (Phi) is 21.7. The van der Waals surface area contributed by atoms with Crippen molar-refractivity contribution in [1.29, 1.82) is 0 Å². The lowest BCUT2D eigenvalue weighted by atomic mass is 9.83. The van der Waals surface area contributed by atoms with Gasteiger partial charge < -0.3 is 29.6 Å². The molecule has 2 saturated carbocycles. The number of hydrogen-bond donors (Lipinski definition) is 2. The van der Waals surface area contributed by atoms with E-state index in [2.05, 4.69) is 113 Å². The van der Waals surface area contributed by atoms with Crippen molar-refractivity contribution in [3.8, 4) is 23.0 Å². The van der Waals surface area contributed by atoms with E-state index in [1.54, 1.807) is 0 Å². The zero-order valence-electron chi connectivity index (χ0n) is 53.4. The lowest BCUT2D eigenvalue weighted by molar-refractivity contribution is -0.156. The summed E-state index contributed by atoms with van der Waals surface area (Å²) >= 11 is 0. The van der Waals surface area contributed by atoms with Gasteiger partial charge in [-0.3, -0.25) is 19.2 Å². The number of amides is 2. The Labute approximate surface area is 524 Å². The van der Waals surface area contributed by atoms with Crippen molar-refractivity contribution < 1.29 is 38.1 Å². The van der Waals surface area contributed by atoms with E-state index in [1.165, 1.54) is 64.2 Å². The van der Waals surface area contributed by atoms with Crippen molar-refractivity contribution >= 4 is 35.1 Å². The highest BCUT2D eigenvalue weighted by atomic mass is 16.6. The molecule has 2 aliphatic heterocycles.